The number of aryl methyl sites for hydroxylation is 1. The Kier molecular flexibility index (Phi) is 4.30. The molecule has 3 aliphatic carbocycles. The van der Waals surface area contributed by atoms with Crippen molar-refractivity contribution >= 4 is 5.78 Å². The summed E-state index contributed by atoms with van der Waals surface area (Å²) in [5, 5.41) is 0. The molecule has 3 aliphatic rings. The Hall–Kier alpha value is -2.16. The largest absolute Gasteiger partial charge is 0.489 e. The molecule has 0 amide bonds. The molecular weight excluding hydrogens is 351 g/mol. The molecule has 2 fully saturated rings. The zero-order chi connectivity index (χ0) is 19.3. The summed E-state index contributed by atoms with van der Waals surface area (Å²) in [6.45, 7) is 2.47. The lowest BCUT2D eigenvalue weighted by atomic mass is 9.55. The maximum atomic E-state index is 13.8. The SMILES string of the molecule is C[C@@]12CCC3c4ccc(OCc5ccccc5F)cc4CCC3C1CCC2=O. The third kappa shape index (κ3) is 2.78. The van der Waals surface area contributed by atoms with E-state index in [0.717, 1.165) is 37.9 Å². The topological polar surface area (TPSA) is 26.3 Å². The molecule has 0 saturated heterocycles. The third-order valence-electron chi connectivity index (χ3n) is 7.76. The quantitative estimate of drug-likeness (QED) is 0.672. The summed E-state index contributed by atoms with van der Waals surface area (Å²) in [4.78, 5) is 12.5. The summed E-state index contributed by atoms with van der Waals surface area (Å²) in [6.07, 6.45) is 6.22. The fourth-order valence-electron chi connectivity index (χ4n) is 6.20. The number of ether oxygens (including phenoxy) is 1. The van der Waals surface area contributed by atoms with Gasteiger partial charge in [-0.3, -0.25) is 4.79 Å². The van der Waals surface area contributed by atoms with Gasteiger partial charge < -0.3 is 4.74 Å². The molecule has 2 aromatic rings. The van der Waals surface area contributed by atoms with Gasteiger partial charge in [-0.2, -0.15) is 0 Å². The Labute approximate surface area is 166 Å². The minimum Gasteiger partial charge on any atom is -0.489 e. The lowest BCUT2D eigenvalue weighted by molar-refractivity contribution is -0.129. The standard InChI is InChI=1S/C25H27FO2/c1-25-13-12-20-19-9-7-18(28-15-17-4-2-3-5-23(17)26)14-16(19)6-8-21(20)22(25)10-11-24(25)27/h2-5,7,9,14,20-22H,6,8,10-13,15H2,1H3/t20?,21?,22?,25-/m1/s1. The fourth-order valence-corrected chi connectivity index (χ4v) is 6.20. The summed E-state index contributed by atoms with van der Waals surface area (Å²) in [7, 11) is 0. The van der Waals surface area contributed by atoms with Crippen molar-refractivity contribution < 1.29 is 13.9 Å². The maximum Gasteiger partial charge on any atom is 0.139 e. The Balaban J connectivity index is 1.35. The monoisotopic (exact) mass is 378 g/mol. The molecule has 3 unspecified atom stereocenters. The molecule has 146 valence electrons. The van der Waals surface area contributed by atoms with Crippen LogP contribution in [0.3, 0.4) is 0 Å². The van der Waals surface area contributed by atoms with Crippen LogP contribution >= 0.6 is 0 Å². The van der Waals surface area contributed by atoms with Crippen molar-refractivity contribution in [2.24, 2.45) is 17.3 Å². The van der Waals surface area contributed by atoms with E-state index in [4.69, 9.17) is 4.74 Å². The summed E-state index contributed by atoms with van der Waals surface area (Å²) >= 11 is 0. The number of hydrogen-bond acceptors (Lipinski definition) is 2. The molecular formula is C25H27FO2. The van der Waals surface area contributed by atoms with Crippen molar-refractivity contribution in [1.82, 2.24) is 0 Å². The van der Waals surface area contributed by atoms with Gasteiger partial charge in [0.1, 0.15) is 24.0 Å². The van der Waals surface area contributed by atoms with Crippen LogP contribution < -0.4 is 4.74 Å². The van der Waals surface area contributed by atoms with Crippen molar-refractivity contribution in [1.29, 1.82) is 0 Å². The van der Waals surface area contributed by atoms with Crippen LogP contribution in [0.5, 0.6) is 5.75 Å². The van der Waals surface area contributed by atoms with Gasteiger partial charge in [-0.05, 0) is 79.2 Å². The van der Waals surface area contributed by atoms with Gasteiger partial charge in [0, 0.05) is 17.4 Å². The number of carbonyl (C=O) groups is 1. The van der Waals surface area contributed by atoms with E-state index in [1.54, 1.807) is 12.1 Å². The van der Waals surface area contributed by atoms with Crippen LogP contribution in [0.4, 0.5) is 4.39 Å². The van der Waals surface area contributed by atoms with E-state index in [0.29, 0.717) is 29.1 Å². The lowest BCUT2D eigenvalue weighted by Crippen LogP contribution is -2.42. The van der Waals surface area contributed by atoms with Gasteiger partial charge in [-0.15, -0.1) is 0 Å². The van der Waals surface area contributed by atoms with Crippen molar-refractivity contribution in [2.75, 3.05) is 0 Å². The molecule has 28 heavy (non-hydrogen) atoms. The molecule has 5 rings (SSSR count). The summed E-state index contributed by atoms with van der Waals surface area (Å²) in [5.41, 5.74) is 3.34. The Bertz CT molecular complexity index is 921. The van der Waals surface area contributed by atoms with E-state index in [1.165, 1.54) is 23.6 Å². The molecule has 2 nitrogen and oxygen atoms in total. The number of hydrogen-bond donors (Lipinski definition) is 0. The molecule has 0 heterocycles. The minimum absolute atomic E-state index is 0.0680. The van der Waals surface area contributed by atoms with Crippen LogP contribution in [0.25, 0.3) is 0 Å². The average molecular weight is 378 g/mol. The third-order valence-corrected chi connectivity index (χ3v) is 7.76. The number of rotatable bonds is 3. The van der Waals surface area contributed by atoms with E-state index < -0.39 is 0 Å². The van der Waals surface area contributed by atoms with Gasteiger partial charge in [0.2, 0.25) is 0 Å². The molecule has 0 N–H and O–H groups in total. The van der Waals surface area contributed by atoms with Crippen molar-refractivity contribution in [3.63, 3.8) is 0 Å². The maximum absolute atomic E-state index is 13.8. The molecule has 2 saturated carbocycles. The molecule has 3 heteroatoms. The van der Waals surface area contributed by atoms with Crippen LogP contribution in [0.1, 0.15) is 61.6 Å². The van der Waals surface area contributed by atoms with Gasteiger partial charge in [-0.25, -0.2) is 4.39 Å². The van der Waals surface area contributed by atoms with Gasteiger partial charge in [0.05, 0.1) is 0 Å². The Morgan fingerprint density at radius 3 is 2.82 bits per heavy atom. The van der Waals surface area contributed by atoms with Crippen molar-refractivity contribution in [3.8, 4) is 5.75 Å². The van der Waals surface area contributed by atoms with Crippen LogP contribution in [-0.4, -0.2) is 5.78 Å². The minimum atomic E-state index is -0.223. The second-order valence-corrected chi connectivity index (χ2v) is 9.07. The summed E-state index contributed by atoms with van der Waals surface area (Å²) < 4.78 is 19.7. The molecule has 4 atom stereocenters. The summed E-state index contributed by atoms with van der Waals surface area (Å²) in [5.74, 6) is 2.87. The van der Waals surface area contributed by atoms with Gasteiger partial charge >= 0.3 is 0 Å². The van der Waals surface area contributed by atoms with Gasteiger partial charge in [0.25, 0.3) is 0 Å². The number of fused-ring (bicyclic) bond motifs is 5. The zero-order valence-electron chi connectivity index (χ0n) is 16.4. The first kappa shape index (κ1) is 17.9. The van der Waals surface area contributed by atoms with E-state index in [9.17, 15) is 9.18 Å². The van der Waals surface area contributed by atoms with Gasteiger partial charge in [-0.1, -0.05) is 31.2 Å². The molecule has 0 radical (unpaired) electrons. The van der Waals surface area contributed by atoms with E-state index in [2.05, 4.69) is 19.1 Å². The number of Topliss-reactive ketones (excluding diaryl/α,β-unsaturated/α-hetero) is 1. The second kappa shape index (κ2) is 6.72. The Morgan fingerprint density at radius 1 is 1.11 bits per heavy atom. The van der Waals surface area contributed by atoms with Crippen LogP contribution in [0, 0.1) is 23.1 Å². The van der Waals surface area contributed by atoms with Crippen molar-refractivity contribution in [3.05, 3.63) is 65.0 Å². The zero-order valence-corrected chi connectivity index (χ0v) is 16.4. The Morgan fingerprint density at radius 2 is 1.96 bits per heavy atom. The summed E-state index contributed by atoms with van der Waals surface area (Å²) in [6, 6.07) is 13.2. The van der Waals surface area contributed by atoms with Crippen LogP contribution in [-0.2, 0) is 17.8 Å². The van der Waals surface area contributed by atoms with E-state index in [-0.39, 0.29) is 17.8 Å². The molecule has 0 aromatic heterocycles. The highest BCUT2D eigenvalue weighted by Gasteiger charge is 2.54. The van der Waals surface area contributed by atoms with E-state index >= 15 is 0 Å². The normalized spacial score (nSPS) is 31.1. The number of ketones is 1. The lowest BCUT2D eigenvalue weighted by Gasteiger charge is -2.48. The number of halogens is 1. The predicted molar refractivity (Wildman–Crippen MR) is 107 cm³/mol. The molecule has 0 aliphatic heterocycles. The predicted octanol–water partition coefficient (Wildman–Crippen LogP) is 5.83. The van der Waals surface area contributed by atoms with E-state index in [1.807, 2.05) is 12.1 Å². The first-order valence-corrected chi connectivity index (χ1v) is 10.6. The van der Waals surface area contributed by atoms with Crippen molar-refractivity contribution in [2.45, 2.75) is 58.0 Å². The fraction of sp³-hybridized carbons (Fsp3) is 0.480. The number of benzene rings is 2. The second-order valence-electron chi connectivity index (χ2n) is 9.07. The molecule has 2 aromatic carbocycles. The number of carbonyl (C=O) groups excluding carboxylic acids is 1. The molecule has 0 bridgehead atoms. The highest BCUT2D eigenvalue weighted by Crippen LogP contribution is 2.59. The highest BCUT2D eigenvalue weighted by molar-refractivity contribution is 5.87. The highest BCUT2D eigenvalue weighted by atomic mass is 19.1. The first-order chi connectivity index (χ1) is 13.6. The average Bonchev–Trinajstić information content (AvgIpc) is 3.02. The van der Waals surface area contributed by atoms with Crippen LogP contribution in [0.15, 0.2) is 42.5 Å². The van der Waals surface area contributed by atoms with Gasteiger partial charge in [0.15, 0.2) is 0 Å². The molecule has 0 spiro atoms. The first-order valence-electron chi connectivity index (χ1n) is 10.6. The smallest absolute Gasteiger partial charge is 0.139 e. The van der Waals surface area contributed by atoms with Crippen LogP contribution in [0.2, 0.25) is 0 Å².